The van der Waals surface area contributed by atoms with Gasteiger partial charge in [0.25, 0.3) is 11.6 Å². The van der Waals surface area contributed by atoms with Crippen LogP contribution in [0.25, 0.3) is 0 Å². The number of rotatable bonds is 5. The monoisotopic (exact) mass is 370 g/mol. The molecule has 0 fully saturated rings. The van der Waals surface area contributed by atoms with Crippen LogP contribution >= 0.6 is 35.0 Å². The minimum Gasteiger partial charge on any atom is -0.321 e. The minimum absolute atomic E-state index is 0.0171. The highest BCUT2D eigenvalue weighted by molar-refractivity contribution is 7.99. The largest absolute Gasteiger partial charge is 0.321 e. The van der Waals surface area contributed by atoms with Gasteiger partial charge in [0.2, 0.25) is 0 Å². The van der Waals surface area contributed by atoms with E-state index in [2.05, 4.69) is 5.32 Å². The van der Waals surface area contributed by atoms with E-state index in [9.17, 15) is 14.9 Å². The number of nitrogens with one attached hydrogen (secondary N) is 1. The normalized spacial score (nSPS) is 10.4. The van der Waals surface area contributed by atoms with Gasteiger partial charge in [0.05, 0.1) is 21.2 Å². The maximum atomic E-state index is 12.4. The maximum Gasteiger partial charge on any atom is 0.270 e. The molecule has 120 valence electrons. The summed E-state index contributed by atoms with van der Waals surface area (Å²) in [6.07, 6.45) is 0. The Morgan fingerprint density at radius 3 is 2.61 bits per heavy atom. The third kappa shape index (κ3) is 4.37. The molecule has 0 saturated heterocycles. The molecule has 23 heavy (non-hydrogen) atoms. The maximum absolute atomic E-state index is 12.4. The van der Waals surface area contributed by atoms with E-state index >= 15 is 0 Å². The number of anilines is 1. The van der Waals surface area contributed by atoms with Crippen LogP contribution in [0.15, 0.2) is 41.3 Å². The first-order valence-corrected chi connectivity index (χ1v) is 8.34. The molecule has 0 spiro atoms. The zero-order valence-corrected chi connectivity index (χ0v) is 14.3. The lowest BCUT2D eigenvalue weighted by Gasteiger charge is -2.11. The predicted molar refractivity (Wildman–Crippen MR) is 93.9 cm³/mol. The molecular weight excluding hydrogens is 359 g/mol. The molecule has 8 heteroatoms. The van der Waals surface area contributed by atoms with Gasteiger partial charge < -0.3 is 5.32 Å². The molecule has 0 radical (unpaired) electrons. The molecule has 5 nitrogen and oxygen atoms in total. The average molecular weight is 371 g/mol. The van der Waals surface area contributed by atoms with Crippen molar-refractivity contribution < 1.29 is 9.72 Å². The topological polar surface area (TPSA) is 72.2 Å². The van der Waals surface area contributed by atoms with Crippen molar-refractivity contribution in [1.82, 2.24) is 0 Å². The highest BCUT2D eigenvalue weighted by atomic mass is 35.5. The second-order valence-electron chi connectivity index (χ2n) is 4.45. The number of nitro benzene ring substituents is 1. The summed E-state index contributed by atoms with van der Waals surface area (Å²) in [4.78, 5) is 23.4. The molecule has 0 saturated carbocycles. The molecule has 1 amide bonds. The molecule has 0 unspecified atom stereocenters. The van der Waals surface area contributed by atoms with E-state index in [1.807, 2.05) is 13.0 Å². The van der Waals surface area contributed by atoms with Gasteiger partial charge in [-0.05, 0) is 30.0 Å². The Bertz CT molecular complexity index is 768. The Hall–Kier alpha value is -1.76. The summed E-state index contributed by atoms with van der Waals surface area (Å²) in [5.41, 5.74) is 0.560. The molecular formula is C15H12Cl2N2O3S. The molecule has 0 heterocycles. The van der Waals surface area contributed by atoms with Gasteiger partial charge in [-0.1, -0.05) is 30.1 Å². The molecule has 0 bridgehead atoms. The number of thioether (sulfide) groups is 1. The predicted octanol–water partition coefficient (Wildman–Crippen LogP) is 5.27. The number of carbonyl (C=O) groups excluding carboxylic acids is 1. The van der Waals surface area contributed by atoms with Crippen molar-refractivity contribution >= 4 is 52.2 Å². The summed E-state index contributed by atoms with van der Waals surface area (Å²) in [5, 5.41) is 14.0. The molecule has 2 aromatic rings. The fourth-order valence-electron chi connectivity index (χ4n) is 1.87. The third-order valence-electron chi connectivity index (χ3n) is 2.90. The van der Waals surface area contributed by atoms with Crippen molar-refractivity contribution in [3.8, 4) is 0 Å². The molecule has 0 aliphatic carbocycles. The lowest BCUT2D eigenvalue weighted by molar-refractivity contribution is -0.384. The van der Waals surface area contributed by atoms with Crippen LogP contribution in [0.5, 0.6) is 0 Å². The Labute approximate surface area is 147 Å². The van der Waals surface area contributed by atoms with Gasteiger partial charge in [-0.25, -0.2) is 0 Å². The number of benzene rings is 2. The summed E-state index contributed by atoms with van der Waals surface area (Å²) in [5.74, 6) is 0.383. The molecule has 0 aromatic heterocycles. The summed E-state index contributed by atoms with van der Waals surface area (Å²) in [6.45, 7) is 2.00. The molecule has 0 atom stereocenters. The van der Waals surface area contributed by atoms with E-state index in [0.717, 1.165) is 16.7 Å². The van der Waals surface area contributed by atoms with Crippen molar-refractivity contribution in [2.45, 2.75) is 11.8 Å². The number of nitrogens with zero attached hydrogens (tertiary/aromatic N) is 1. The minimum atomic E-state index is -0.569. The van der Waals surface area contributed by atoms with E-state index in [1.54, 1.807) is 23.9 Å². The van der Waals surface area contributed by atoms with Crippen LogP contribution in [0.4, 0.5) is 11.4 Å². The molecule has 2 rings (SSSR count). The van der Waals surface area contributed by atoms with Gasteiger partial charge in [0.1, 0.15) is 0 Å². The van der Waals surface area contributed by atoms with Crippen LogP contribution in [0.3, 0.4) is 0 Å². The van der Waals surface area contributed by atoms with Crippen LogP contribution in [0.2, 0.25) is 10.0 Å². The molecule has 0 aliphatic heterocycles. The molecule has 0 aliphatic rings. The second-order valence-corrected chi connectivity index (χ2v) is 6.60. The highest BCUT2D eigenvalue weighted by Crippen LogP contribution is 2.31. The van der Waals surface area contributed by atoms with E-state index in [-0.39, 0.29) is 16.3 Å². The lowest BCUT2D eigenvalue weighted by atomic mass is 10.2. The summed E-state index contributed by atoms with van der Waals surface area (Å²) in [6, 6.07) is 8.93. The number of amides is 1. The smallest absolute Gasteiger partial charge is 0.270 e. The van der Waals surface area contributed by atoms with Crippen LogP contribution in [-0.4, -0.2) is 16.6 Å². The van der Waals surface area contributed by atoms with Gasteiger partial charge in [-0.3, -0.25) is 14.9 Å². The van der Waals surface area contributed by atoms with Crippen LogP contribution < -0.4 is 5.32 Å². The molecule has 2 aromatic carbocycles. The Morgan fingerprint density at radius 1 is 1.26 bits per heavy atom. The van der Waals surface area contributed by atoms with E-state index in [0.29, 0.717) is 10.7 Å². The zero-order chi connectivity index (χ0) is 17.0. The number of nitro groups is 1. The van der Waals surface area contributed by atoms with Crippen molar-refractivity contribution in [1.29, 1.82) is 0 Å². The number of carbonyl (C=O) groups is 1. The summed E-state index contributed by atoms with van der Waals surface area (Å²) < 4.78 is 0. The van der Waals surface area contributed by atoms with Crippen molar-refractivity contribution in [2.75, 3.05) is 11.1 Å². The Balaban J connectivity index is 2.29. The van der Waals surface area contributed by atoms with Crippen molar-refractivity contribution in [3.63, 3.8) is 0 Å². The molecule has 1 N–H and O–H groups in total. The fraction of sp³-hybridized carbons (Fsp3) is 0.133. The van der Waals surface area contributed by atoms with Gasteiger partial charge >= 0.3 is 0 Å². The number of non-ortho nitro benzene ring substituents is 1. The highest BCUT2D eigenvalue weighted by Gasteiger charge is 2.16. The van der Waals surface area contributed by atoms with Crippen molar-refractivity contribution in [2.24, 2.45) is 0 Å². The van der Waals surface area contributed by atoms with E-state index in [4.69, 9.17) is 23.2 Å². The average Bonchev–Trinajstić information content (AvgIpc) is 2.49. The van der Waals surface area contributed by atoms with E-state index < -0.39 is 10.8 Å². The first kappa shape index (κ1) is 17.6. The number of hydrogen-bond donors (Lipinski definition) is 1. The van der Waals surface area contributed by atoms with Gasteiger partial charge in [-0.15, -0.1) is 11.8 Å². The third-order valence-corrected chi connectivity index (χ3v) is 4.40. The zero-order valence-electron chi connectivity index (χ0n) is 12.0. The standard InChI is InChI=1S/C15H12Cl2N2O3S/c1-2-23-14-6-3-9(16)7-13(14)18-15(20)11-5-4-10(19(21)22)8-12(11)17/h3-8H,2H2,1H3,(H,18,20). The first-order valence-electron chi connectivity index (χ1n) is 6.60. The van der Waals surface area contributed by atoms with Crippen LogP contribution in [-0.2, 0) is 0 Å². The second kappa shape index (κ2) is 7.68. The van der Waals surface area contributed by atoms with Crippen molar-refractivity contribution in [3.05, 3.63) is 62.1 Å². The number of hydrogen-bond acceptors (Lipinski definition) is 4. The lowest BCUT2D eigenvalue weighted by Crippen LogP contribution is -2.13. The van der Waals surface area contributed by atoms with Gasteiger partial charge in [-0.2, -0.15) is 0 Å². The summed E-state index contributed by atoms with van der Waals surface area (Å²) in [7, 11) is 0. The van der Waals surface area contributed by atoms with E-state index in [1.165, 1.54) is 12.1 Å². The number of halogens is 2. The fourth-order valence-corrected chi connectivity index (χ4v) is 3.05. The SMILES string of the molecule is CCSc1ccc(Cl)cc1NC(=O)c1ccc([N+](=O)[O-])cc1Cl. The van der Waals surface area contributed by atoms with Crippen LogP contribution in [0.1, 0.15) is 17.3 Å². The van der Waals surface area contributed by atoms with Crippen LogP contribution in [0, 0.1) is 10.1 Å². The van der Waals surface area contributed by atoms with Gasteiger partial charge in [0, 0.05) is 22.1 Å². The Morgan fingerprint density at radius 2 is 2.00 bits per heavy atom. The first-order chi connectivity index (χ1) is 10.9. The summed E-state index contributed by atoms with van der Waals surface area (Å²) >= 11 is 13.5. The Kier molecular flexibility index (Phi) is 5.87. The van der Waals surface area contributed by atoms with Gasteiger partial charge in [0.15, 0.2) is 0 Å². The quantitative estimate of drug-likeness (QED) is 0.442.